The number of carbonyl (C=O) groups excluding carboxylic acids is 2. The standard InChI is InChI=1S/C19H28N4O3.ClH/c20-18(24)11-23-19(25)14-6-4-13(5-7-14)10-22-16-3-1-2-15(16)17-12-26-9-8-21-17;/h4-7,15-17,21-22H,1-3,8-12H2,(H2,20,24)(H,23,25);1H. The van der Waals surface area contributed by atoms with Gasteiger partial charge in [-0.05, 0) is 36.5 Å². The largest absolute Gasteiger partial charge is 0.379 e. The van der Waals surface area contributed by atoms with Crippen LogP contribution in [0.4, 0.5) is 0 Å². The summed E-state index contributed by atoms with van der Waals surface area (Å²) in [6.07, 6.45) is 3.67. The molecule has 2 aliphatic rings. The molecular weight excluding hydrogens is 368 g/mol. The van der Waals surface area contributed by atoms with Crippen molar-refractivity contribution in [2.45, 2.75) is 37.9 Å². The molecule has 1 aromatic rings. The predicted molar refractivity (Wildman–Crippen MR) is 106 cm³/mol. The van der Waals surface area contributed by atoms with Crippen LogP contribution in [0.15, 0.2) is 24.3 Å². The number of rotatable bonds is 7. The first-order valence-corrected chi connectivity index (χ1v) is 9.33. The lowest BCUT2D eigenvalue weighted by Crippen LogP contribution is -2.50. The Morgan fingerprint density at radius 3 is 2.67 bits per heavy atom. The molecule has 0 aromatic heterocycles. The lowest BCUT2D eigenvalue weighted by atomic mass is 9.94. The van der Waals surface area contributed by atoms with Gasteiger partial charge in [0.25, 0.3) is 5.91 Å². The molecule has 3 rings (SSSR count). The molecule has 27 heavy (non-hydrogen) atoms. The summed E-state index contributed by atoms with van der Waals surface area (Å²) >= 11 is 0. The van der Waals surface area contributed by atoms with Gasteiger partial charge in [0.2, 0.25) is 5.91 Å². The van der Waals surface area contributed by atoms with Gasteiger partial charge in [0.05, 0.1) is 19.8 Å². The topological polar surface area (TPSA) is 105 Å². The Bertz CT molecular complexity index is 620. The summed E-state index contributed by atoms with van der Waals surface area (Å²) in [6.45, 7) is 3.17. The summed E-state index contributed by atoms with van der Waals surface area (Å²) in [5.41, 5.74) is 6.69. The van der Waals surface area contributed by atoms with Crippen LogP contribution in [0.25, 0.3) is 0 Å². The van der Waals surface area contributed by atoms with Gasteiger partial charge in [-0.2, -0.15) is 0 Å². The van der Waals surface area contributed by atoms with Gasteiger partial charge in [0.1, 0.15) is 0 Å². The van der Waals surface area contributed by atoms with E-state index in [1.807, 2.05) is 12.1 Å². The molecule has 7 nitrogen and oxygen atoms in total. The summed E-state index contributed by atoms with van der Waals surface area (Å²) in [6, 6.07) is 8.37. The van der Waals surface area contributed by atoms with Crippen molar-refractivity contribution in [2.75, 3.05) is 26.3 Å². The average molecular weight is 397 g/mol. The van der Waals surface area contributed by atoms with Gasteiger partial charge in [0.15, 0.2) is 0 Å². The van der Waals surface area contributed by atoms with E-state index in [1.165, 1.54) is 19.3 Å². The lowest BCUT2D eigenvalue weighted by Gasteiger charge is -2.33. The molecule has 1 saturated carbocycles. The minimum atomic E-state index is -0.553. The minimum absolute atomic E-state index is 0. The Morgan fingerprint density at radius 1 is 1.22 bits per heavy atom. The zero-order chi connectivity index (χ0) is 18.4. The van der Waals surface area contributed by atoms with Crippen molar-refractivity contribution in [1.29, 1.82) is 0 Å². The van der Waals surface area contributed by atoms with E-state index in [0.29, 0.717) is 23.6 Å². The third-order valence-electron chi connectivity index (χ3n) is 5.24. The van der Waals surface area contributed by atoms with Crippen LogP contribution in [0, 0.1) is 5.92 Å². The maximum atomic E-state index is 11.9. The molecule has 150 valence electrons. The molecule has 2 fully saturated rings. The van der Waals surface area contributed by atoms with E-state index in [2.05, 4.69) is 16.0 Å². The van der Waals surface area contributed by atoms with Crippen LogP contribution < -0.4 is 21.7 Å². The van der Waals surface area contributed by atoms with Crippen LogP contribution >= 0.6 is 12.4 Å². The van der Waals surface area contributed by atoms with Crippen LogP contribution in [-0.4, -0.2) is 50.2 Å². The average Bonchev–Trinajstić information content (AvgIpc) is 3.14. The summed E-state index contributed by atoms with van der Waals surface area (Å²) in [4.78, 5) is 22.6. The summed E-state index contributed by atoms with van der Waals surface area (Å²) in [7, 11) is 0. The molecular formula is C19H29ClN4O3. The number of morpholine rings is 1. The molecule has 1 aliphatic carbocycles. The fraction of sp³-hybridized carbons (Fsp3) is 0.579. The maximum Gasteiger partial charge on any atom is 0.251 e. The molecule has 3 atom stereocenters. The molecule has 1 saturated heterocycles. The van der Waals surface area contributed by atoms with Crippen molar-refractivity contribution in [1.82, 2.24) is 16.0 Å². The number of hydrogen-bond donors (Lipinski definition) is 4. The Balaban J connectivity index is 0.00000261. The fourth-order valence-corrected chi connectivity index (χ4v) is 3.88. The SMILES string of the molecule is Cl.NC(=O)CNC(=O)c1ccc(CNC2CCCC2C2COCCN2)cc1. The van der Waals surface area contributed by atoms with E-state index in [9.17, 15) is 9.59 Å². The maximum absolute atomic E-state index is 11.9. The van der Waals surface area contributed by atoms with Gasteiger partial charge in [-0.15, -0.1) is 12.4 Å². The first-order valence-electron chi connectivity index (χ1n) is 9.33. The number of nitrogens with two attached hydrogens (primary N) is 1. The second kappa shape index (κ2) is 10.6. The summed E-state index contributed by atoms with van der Waals surface area (Å²) in [5, 5.41) is 9.75. The van der Waals surface area contributed by atoms with E-state index in [0.717, 1.165) is 31.9 Å². The van der Waals surface area contributed by atoms with E-state index in [4.69, 9.17) is 10.5 Å². The Kier molecular flexibility index (Phi) is 8.50. The smallest absolute Gasteiger partial charge is 0.251 e. The normalized spacial score (nSPS) is 24.8. The minimum Gasteiger partial charge on any atom is -0.379 e. The van der Waals surface area contributed by atoms with E-state index in [1.54, 1.807) is 12.1 Å². The molecule has 1 aromatic carbocycles. The third-order valence-corrected chi connectivity index (χ3v) is 5.24. The van der Waals surface area contributed by atoms with Crippen molar-refractivity contribution in [3.8, 4) is 0 Å². The lowest BCUT2D eigenvalue weighted by molar-refractivity contribution is -0.117. The highest BCUT2D eigenvalue weighted by molar-refractivity contribution is 5.96. The first kappa shape index (κ1) is 21.6. The van der Waals surface area contributed by atoms with Gasteiger partial charge >= 0.3 is 0 Å². The second-order valence-electron chi connectivity index (χ2n) is 7.06. The third kappa shape index (κ3) is 6.17. The zero-order valence-corrected chi connectivity index (χ0v) is 16.2. The zero-order valence-electron chi connectivity index (χ0n) is 15.4. The number of nitrogens with one attached hydrogen (secondary N) is 3. The van der Waals surface area contributed by atoms with E-state index >= 15 is 0 Å². The molecule has 0 bridgehead atoms. The number of carbonyl (C=O) groups is 2. The molecule has 8 heteroatoms. The monoisotopic (exact) mass is 396 g/mol. The number of hydrogen-bond acceptors (Lipinski definition) is 5. The van der Waals surface area contributed by atoms with Crippen LogP contribution in [0.2, 0.25) is 0 Å². The van der Waals surface area contributed by atoms with E-state index < -0.39 is 5.91 Å². The predicted octanol–water partition coefficient (Wildman–Crippen LogP) is 0.570. The van der Waals surface area contributed by atoms with Gasteiger partial charge in [0, 0.05) is 30.7 Å². The highest BCUT2D eigenvalue weighted by Crippen LogP contribution is 2.29. The first-order chi connectivity index (χ1) is 12.6. The highest BCUT2D eigenvalue weighted by Gasteiger charge is 2.34. The van der Waals surface area contributed by atoms with Crippen molar-refractivity contribution in [3.05, 3.63) is 35.4 Å². The molecule has 1 heterocycles. The fourth-order valence-electron chi connectivity index (χ4n) is 3.88. The van der Waals surface area contributed by atoms with Gasteiger partial charge < -0.3 is 26.4 Å². The van der Waals surface area contributed by atoms with Crippen LogP contribution in [0.1, 0.15) is 35.2 Å². The van der Waals surface area contributed by atoms with Gasteiger partial charge in [-0.1, -0.05) is 18.6 Å². The molecule has 0 radical (unpaired) electrons. The molecule has 3 unspecified atom stereocenters. The molecule has 5 N–H and O–H groups in total. The van der Waals surface area contributed by atoms with Gasteiger partial charge in [-0.3, -0.25) is 9.59 Å². The number of primary amides is 1. The Morgan fingerprint density at radius 2 is 2.00 bits per heavy atom. The van der Waals surface area contributed by atoms with E-state index in [-0.39, 0.29) is 24.9 Å². The highest BCUT2D eigenvalue weighted by atomic mass is 35.5. The molecule has 2 amide bonds. The van der Waals surface area contributed by atoms with Crippen molar-refractivity contribution < 1.29 is 14.3 Å². The van der Waals surface area contributed by atoms with Crippen molar-refractivity contribution in [3.63, 3.8) is 0 Å². The number of benzene rings is 1. The Hall–Kier alpha value is -1.67. The number of ether oxygens (including phenoxy) is 1. The van der Waals surface area contributed by atoms with Crippen LogP contribution in [0.3, 0.4) is 0 Å². The summed E-state index contributed by atoms with van der Waals surface area (Å²) in [5.74, 6) is -0.236. The van der Waals surface area contributed by atoms with Crippen molar-refractivity contribution in [2.24, 2.45) is 11.7 Å². The van der Waals surface area contributed by atoms with Crippen LogP contribution in [0.5, 0.6) is 0 Å². The quantitative estimate of drug-likeness (QED) is 0.539. The van der Waals surface area contributed by atoms with Gasteiger partial charge in [-0.25, -0.2) is 0 Å². The number of halogens is 1. The second-order valence-corrected chi connectivity index (χ2v) is 7.06. The Labute approximate surface area is 166 Å². The van der Waals surface area contributed by atoms with Crippen LogP contribution in [-0.2, 0) is 16.1 Å². The molecule has 1 aliphatic heterocycles. The van der Waals surface area contributed by atoms with Crippen molar-refractivity contribution >= 4 is 24.2 Å². The summed E-state index contributed by atoms with van der Waals surface area (Å²) < 4.78 is 5.62. The molecule has 0 spiro atoms. The number of amides is 2.